The Morgan fingerprint density at radius 2 is 2.25 bits per heavy atom. The molecule has 0 amide bonds. The van der Waals surface area contributed by atoms with Crippen LogP contribution in [-0.2, 0) is 0 Å². The number of rotatable bonds is 3. The molecule has 84 valence electrons. The average molecular weight is 216 g/mol. The van der Waals surface area contributed by atoms with Gasteiger partial charge in [-0.1, -0.05) is 6.08 Å². The standard InChI is InChI=1S/C12H16N4/c1-5-8-16(12(2,3)4)11-14-7-6-10(9-13)15-11/h5-7H,1,8H2,2-4H3. The predicted octanol–water partition coefficient (Wildman–Crippen LogP) is 2.14. The van der Waals surface area contributed by atoms with Gasteiger partial charge in [0.15, 0.2) is 0 Å². The average Bonchev–Trinajstić information content (AvgIpc) is 2.24. The normalized spacial score (nSPS) is 10.6. The van der Waals surface area contributed by atoms with E-state index in [0.717, 1.165) is 0 Å². The Bertz CT molecular complexity index is 412. The highest BCUT2D eigenvalue weighted by Crippen LogP contribution is 2.19. The molecule has 4 nitrogen and oxygen atoms in total. The fourth-order valence-electron chi connectivity index (χ4n) is 1.33. The lowest BCUT2D eigenvalue weighted by molar-refractivity contribution is 0.511. The molecule has 0 atom stereocenters. The van der Waals surface area contributed by atoms with Crippen molar-refractivity contribution < 1.29 is 0 Å². The Hall–Kier alpha value is -1.89. The van der Waals surface area contributed by atoms with Gasteiger partial charge in [0.25, 0.3) is 0 Å². The zero-order valence-corrected chi connectivity index (χ0v) is 9.94. The molecule has 0 saturated heterocycles. The SMILES string of the molecule is C=CCN(c1nccc(C#N)n1)C(C)(C)C. The summed E-state index contributed by atoms with van der Waals surface area (Å²) in [5.74, 6) is 0.562. The molecule has 0 unspecified atom stereocenters. The molecule has 1 aromatic heterocycles. The van der Waals surface area contributed by atoms with Crippen molar-refractivity contribution in [1.29, 1.82) is 5.26 Å². The summed E-state index contributed by atoms with van der Waals surface area (Å²) in [6, 6.07) is 3.61. The highest BCUT2D eigenvalue weighted by molar-refractivity contribution is 5.37. The fourth-order valence-corrected chi connectivity index (χ4v) is 1.33. The molecule has 0 N–H and O–H groups in total. The van der Waals surface area contributed by atoms with Gasteiger partial charge in [0.2, 0.25) is 5.95 Å². The van der Waals surface area contributed by atoms with E-state index in [1.165, 1.54) is 0 Å². The van der Waals surface area contributed by atoms with Crippen LogP contribution >= 0.6 is 0 Å². The maximum atomic E-state index is 8.80. The van der Waals surface area contributed by atoms with Gasteiger partial charge in [0.1, 0.15) is 11.8 Å². The molecule has 0 spiro atoms. The first-order chi connectivity index (χ1) is 7.49. The van der Waals surface area contributed by atoms with Crippen molar-refractivity contribution in [2.75, 3.05) is 11.4 Å². The zero-order chi connectivity index (χ0) is 12.2. The summed E-state index contributed by atoms with van der Waals surface area (Å²) in [5, 5.41) is 8.80. The van der Waals surface area contributed by atoms with E-state index in [4.69, 9.17) is 5.26 Å². The van der Waals surface area contributed by atoms with Crippen LogP contribution in [0.2, 0.25) is 0 Å². The van der Waals surface area contributed by atoms with E-state index in [2.05, 4.69) is 37.3 Å². The Morgan fingerprint density at radius 1 is 1.56 bits per heavy atom. The second-order valence-corrected chi connectivity index (χ2v) is 4.42. The maximum absolute atomic E-state index is 8.80. The van der Waals surface area contributed by atoms with Gasteiger partial charge >= 0.3 is 0 Å². The summed E-state index contributed by atoms with van der Waals surface area (Å²) >= 11 is 0. The van der Waals surface area contributed by atoms with Crippen molar-refractivity contribution >= 4 is 5.95 Å². The summed E-state index contributed by atoms with van der Waals surface area (Å²) in [5.41, 5.74) is 0.269. The van der Waals surface area contributed by atoms with Crippen molar-refractivity contribution in [2.24, 2.45) is 0 Å². The number of nitrogens with zero attached hydrogens (tertiary/aromatic N) is 4. The molecule has 16 heavy (non-hydrogen) atoms. The molecule has 0 saturated carbocycles. The van der Waals surface area contributed by atoms with Crippen LogP contribution in [0.15, 0.2) is 24.9 Å². The quantitative estimate of drug-likeness (QED) is 0.726. The van der Waals surface area contributed by atoms with Crippen LogP contribution in [0.4, 0.5) is 5.95 Å². The highest BCUT2D eigenvalue weighted by Gasteiger charge is 2.22. The monoisotopic (exact) mass is 216 g/mol. The first-order valence-electron chi connectivity index (χ1n) is 5.10. The molecule has 4 heteroatoms. The van der Waals surface area contributed by atoms with E-state index < -0.39 is 0 Å². The van der Waals surface area contributed by atoms with Crippen LogP contribution in [0, 0.1) is 11.3 Å². The molecular formula is C12H16N4. The van der Waals surface area contributed by atoms with Crippen LogP contribution in [0.25, 0.3) is 0 Å². The van der Waals surface area contributed by atoms with Gasteiger partial charge in [-0.25, -0.2) is 9.97 Å². The summed E-state index contributed by atoms with van der Waals surface area (Å²) in [7, 11) is 0. The van der Waals surface area contributed by atoms with E-state index in [1.807, 2.05) is 11.0 Å². The van der Waals surface area contributed by atoms with Crippen molar-refractivity contribution in [3.63, 3.8) is 0 Å². The van der Waals surface area contributed by atoms with Crippen molar-refractivity contribution in [2.45, 2.75) is 26.3 Å². The molecule has 0 radical (unpaired) electrons. The molecule has 0 aromatic carbocycles. The lowest BCUT2D eigenvalue weighted by Crippen LogP contribution is -2.42. The largest absolute Gasteiger partial charge is 0.332 e. The first kappa shape index (κ1) is 12.2. The van der Waals surface area contributed by atoms with Gasteiger partial charge in [0, 0.05) is 18.3 Å². The van der Waals surface area contributed by atoms with E-state index in [1.54, 1.807) is 18.3 Å². The van der Waals surface area contributed by atoms with Crippen LogP contribution < -0.4 is 4.90 Å². The predicted molar refractivity (Wildman–Crippen MR) is 64.0 cm³/mol. The molecule has 1 rings (SSSR count). The highest BCUT2D eigenvalue weighted by atomic mass is 15.3. The van der Waals surface area contributed by atoms with E-state index in [0.29, 0.717) is 18.2 Å². The third-order valence-corrected chi connectivity index (χ3v) is 2.12. The number of aromatic nitrogens is 2. The third kappa shape index (κ3) is 2.80. The molecule has 1 aromatic rings. The topological polar surface area (TPSA) is 52.8 Å². The van der Waals surface area contributed by atoms with E-state index in [9.17, 15) is 0 Å². The Labute approximate surface area is 96.3 Å². The number of hydrogen-bond acceptors (Lipinski definition) is 4. The molecule has 1 heterocycles. The second-order valence-electron chi connectivity index (χ2n) is 4.42. The molecule has 0 bridgehead atoms. The third-order valence-electron chi connectivity index (χ3n) is 2.12. The molecule has 0 aliphatic rings. The summed E-state index contributed by atoms with van der Waals surface area (Å²) in [6.07, 6.45) is 3.40. The van der Waals surface area contributed by atoms with Crippen molar-refractivity contribution in [3.05, 3.63) is 30.6 Å². The van der Waals surface area contributed by atoms with Crippen LogP contribution in [-0.4, -0.2) is 22.1 Å². The Balaban J connectivity index is 3.11. The second kappa shape index (κ2) is 4.75. The van der Waals surface area contributed by atoms with E-state index in [-0.39, 0.29) is 5.54 Å². The van der Waals surface area contributed by atoms with Gasteiger partial charge in [-0.3, -0.25) is 0 Å². The zero-order valence-electron chi connectivity index (χ0n) is 9.94. The minimum Gasteiger partial charge on any atom is -0.332 e. The summed E-state index contributed by atoms with van der Waals surface area (Å²) < 4.78 is 0. The lowest BCUT2D eigenvalue weighted by atomic mass is 10.1. The van der Waals surface area contributed by atoms with Crippen LogP contribution in [0.1, 0.15) is 26.5 Å². The van der Waals surface area contributed by atoms with Gasteiger partial charge in [-0.15, -0.1) is 6.58 Å². The first-order valence-corrected chi connectivity index (χ1v) is 5.10. The molecule has 0 fully saturated rings. The lowest BCUT2D eigenvalue weighted by Gasteiger charge is -2.34. The van der Waals surface area contributed by atoms with Gasteiger partial charge < -0.3 is 4.90 Å². The maximum Gasteiger partial charge on any atom is 0.227 e. The fraction of sp³-hybridized carbons (Fsp3) is 0.417. The Kier molecular flexibility index (Phi) is 3.62. The number of nitriles is 1. The number of hydrogen-bond donors (Lipinski definition) is 0. The van der Waals surface area contributed by atoms with E-state index >= 15 is 0 Å². The molecule has 0 aliphatic carbocycles. The minimum absolute atomic E-state index is 0.109. The van der Waals surface area contributed by atoms with Crippen molar-refractivity contribution in [1.82, 2.24) is 9.97 Å². The Morgan fingerprint density at radius 3 is 2.75 bits per heavy atom. The van der Waals surface area contributed by atoms with Crippen LogP contribution in [0.5, 0.6) is 0 Å². The van der Waals surface area contributed by atoms with Crippen LogP contribution in [0.3, 0.4) is 0 Å². The number of anilines is 1. The molecular weight excluding hydrogens is 200 g/mol. The smallest absolute Gasteiger partial charge is 0.227 e. The van der Waals surface area contributed by atoms with Crippen molar-refractivity contribution in [3.8, 4) is 6.07 Å². The van der Waals surface area contributed by atoms with Gasteiger partial charge in [0.05, 0.1) is 0 Å². The van der Waals surface area contributed by atoms with Gasteiger partial charge in [-0.2, -0.15) is 5.26 Å². The van der Waals surface area contributed by atoms with Gasteiger partial charge in [-0.05, 0) is 26.8 Å². The minimum atomic E-state index is -0.109. The summed E-state index contributed by atoms with van der Waals surface area (Å²) in [6.45, 7) is 10.6. The molecule has 0 aliphatic heterocycles. The summed E-state index contributed by atoms with van der Waals surface area (Å²) in [4.78, 5) is 10.4.